The van der Waals surface area contributed by atoms with Crippen LogP contribution in [0.15, 0.2) is 18.2 Å². The SMILES string of the molecule is CCCC(=O)N(CCC)CC(=O)Nc1ccc(Cl)cc1Cl. The average molecular weight is 331 g/mol. The summed E-state index contributed by atoms with van der Waals surface area (Å²) in [7, 11) is 0. The van der Waals surface area contributed by atoms with Gasteiger partial charge in [0, 0.05) is 18.0 Å². The first-order valence-electron chi connectivity index (χ1n) is 7.00. The predicted molar refractivity (Wildman–Crippen MR) is 86.9 cm³/mol. The molecule has 0 spiro atoms. The molecule has 0 aliphatic carbocycles. The van der Waals surface area contributed by atoms with Gasteiger partial charge in [-0.3, -0.25) is 9.59 Å². The van der Waals surface area contributed by atoms with Crippen molar-refractivity contribution in [3.8, 4) is 0 Å². The van der Waals surface area contributed by atoms with Crippen molar-refractivity contribution >= 4 is 40.7 Å². The van der Waals surface area contributed by atoms with Gasteiger partial charge in [0.05, 0.1) is 17.3 Å². The second-order valence-corrected chi connectivity index (χ2v) is 5.58. The molecule has 21 heavy (non-hydrogen) atoms. The lowest BCUT2D eigenvalue weighted by Crippen LogP contribution is -2.38. The monoisotopic (exact) mass is 330 g/mol. The van der Waals surface area contributed by atoms with E-state index in [9.17, 15) is 9.59 Å². The van der Waals surface area contributed by atoms with Gasteiger partial charge in [0.1, 0.15) is 0 Å². The average Bonchev–Trinajstić information content (AvgIpc) is 2.42. The number of benzene rings is 1. The lowest BCUT2D eigenvalue weighted by molar-refractivity contribution is -0.134. The summed E-state index contributed by atoms with van der Waals surface area (Å²) in [6, 6.07) is 4.85. The third-order valence-corrected chi connectivity index (χ3v) is 3.40. The summed E-state index contributed by atoms with van der Waals surface area (Å²) in [6.45, 7) is 4.52. The highest BCUT2D eigenvalue weighted by Crippen LogP contribution is 2.25. The number of hydrogen-bond donors (Lipinski definition) is 1. The number of hydrogen-bond acceptors (Lipinski definition) is 2. The van der Waals surface area contributed by atoms with E-state index >= 15 is 0 Å². The Morgan fingerprint density at radius 2 is 1.90 bits per heavy atom. The highest BCUT2D eigenvalue weighted by molar-refractivity contribution is 6.36. The van der Waals surface area contributed by atoms with Crippen LogP contribution in [-0.2, 0) is 9.59 Å². The van der Waals surface area contributed by atoms with Gasteiger partial charge in [-0.25, -0.2) is 0 Å². The quantitative estimate of drug-likeness (QED) is 0.822. The highest BCUT2D eigenvalue weighted by atomic mass is 35.5. The Morgan fingerprint density at radius 1 is 1.19 bits per heavy atom. The molecule has 0 fully saturated rings. The number of rotatable bonds is 7. The first-order chi connectivity index (χ1) is 9.97. The lowest BCUT2D eigenvalue weighted by Gasteiger charge is -2.21. The normalized spacial score (nSPS) is 10.3. The molecule has 1 aromatic rings. The van der Waals surface area contributed by atoms with E-state index in [-0.39, 0.29) is 18.4 Å². The summed E-state index contributed by atoms with van der Waals surface area (Å²) in [5.74, 6) is -0.270. The number of nitrogens with zero attached hydrogens (tertiary/aromatic N) is 1. The number of nitrogens with one attached hydrogen (secondary N) is 1. The molecule has 0 saturated heterocycles. The van der Waals surface area contributed by atoms with Crippen LogP contribution in [0.3, 0.4) is 0 Å². The lowest BCUT2D eigenvalue weighted by atomic mass is 10.2. The first-order valence-corrected chi connectivity index (χ1v) is 7.76. The summed E-state index contributed by atoms with van der Waals surface area (Å²) in [5, 5.41) is 3.58. The van der Waals surface area contributed by atoms with Crippen LogP contribution < -0.4 is 5.32 Å². The number of carbonyl (C=O) groups excluding carboxylic acids is 2. The third-order valence-electron chi connectivity index (χ3n) is 2.85. The number of carbonyl (C=O) groups is 2. The molecule has 116 valence electrons. The highest BCUT2D eigenvalue weighted by Gasteiger charge is 2.16. The molecule has 0 bridgehead atoms. The zero-order valence-electron chi connectivity index (χ0n) is 12.3. The van der Waals surface area contributed by atoms with Gasteiger partial charge in [-0.05, 0) is 31.0 Å². The van der Waals surface area contributed by atoms with Gasteiger partial charge >= 0.3 is 0 Å². The minimum absolute atomic E-state index is 0.00305. The maximum Gasteiger partial charge on any atom is 0.244 e. The molecule has 0 heterocycles. The summed E-state index contributed by atoms with van der Waals surface area (Å²) < 4.78 is 0. The molecule has 1 aromatic carbocycles. The molecule has 4 nitrogen and oxygen atoms in total. The molecule has 0 atom stereocenters. The van der Waals surface area contributed by atoms with Gasteiger partial charge in [-0.2, -0.15) is 0 Å². The van der Waals surface area contributed by atoms with E-state index in [0.29, 0.717) is 28.7 Å². The Hall–Kier alpha value is -1.26. The van der Waals surface area contributed by atoms with E-state index in [4.69, 9.17) is 23.2 Å². The number of amides is 2. The molecule has 0 radical (unpaired) electrons. The second kappa shape index (κ2) is 8.90. The second-order valence-electron chi connectivity index (χ2n) is 4.74. The van der Waals surface area contributed by atoms with Crippen molar-refractivity contribution in [2.45, 2.75) is 33.1 Å². The van der Waals surface area contributed by atoms with Crippen LogP contribution in [0.25, 0.3) is 0 Å². The van der Waals surface area contributed by atoms with Crippen LogP contribution in [0, 0.1) is 0 Å². The zero-order valence-corrected chi connectivity index (χ0v) is 13.8. The first kappa shape index (κ1) is 17.8. The predicted octanol–water partition coefficient (Wildman–Crippen LogP) is 3.97. The Kier molecular flexibility index (Phi) is 7.54. The van der Waals surface area contributed by atoms with E-state index in [0.717, 1.165) is 12.8 Å². The summed E-state index contributed by atoms with van der Waals surface area (Å²) >= 11 is 11.8. The van der Waals surface area contributed by atoms with E-state index in [1.807, 2.05) is 13.8 Å². The minimum Gasteiger partial charge on any atom is -0.333 e. The van der Waals surface area contributed by atoms with Gasteiger partial charge in [0.15, 0.2) is 0 Å². The Labute approximate surface area is 135 Å². The van der Waals surface area contributed by atoms with E-state index in [1.54, 1.807) is 23.1 Å². The van der Waals surface area contributed by atoms with E-state index < -0.39 is 0 Å². The summed E-state index contributed by atoms with van der Waals surface area (Å²) in [4.78, 5) is 25.6. The van der Waals surface area contributed by atoms with Crippen LogP contribution in [0.4, 0.5) is 5.69 Å². The molecule has 0 aromatic heterocycles. The van der Waals surface area contributed by atoms with Crippen molar-refractivity contribution in [3.63, 3.8) is 0 Å². The van der Waals surface area contributed by atoms with Gasteiger partial charge in [-0.15, -0.1) is 0 Å². The van der Waals surface area contributed by atoms with Crippen molar-refractivity contribution in [2.24, 2.45) is 0 Å². The van der Waals surface area contributed by atoms with Crippen molar-refractivity contribution in [1.82, 2.24) is 4.90 Å². The van der Waals surface area contributed by atoms with Crippen LogP contribution in [0.2, 0.25) is 10.0 Å². The van der Waals surface area contributed by atoms with Crippen LogP contribution in [-0.4, -0.2) is 29.8 Å². The zero-order chi connectivity index (χ0) is 15.8. The van der Waals surface area contributed by atoms with Crippen molar-refractivity contribution in [2.75, 3.05) is 18.4 Å². The maximum atomic E-state index is 12.0. The Balaban J connectivity index is 2.67. The molecule has 0 saturated carbocycles. The van der Waals surface area contributed by atoms with Crippen LogP contribution >= 0.6 is 23.2 Å². The van der Waals surface area contributed by atoms with Crippen LogP contribution in [0.5, 0.6) is 0 Å². The van der Waals surface area contributed by atoms with Gasteiger partial charge in [0.25, 0.3) is 0 Å². The topological polar surface area (TPSA) is 49.4 Å². The molecule has 0 aliphatic heterocycles. The molecule has 1 rings (SSSR count). The Morgan fingerprint density at radius 3 is 2.48 bits per heavy atom. The van der Waals surface area contributed by atoms with E-state index in [1.165, 1.54) is 0 Å². The fraction of sp³-hybridized carbons (Fsp3) is 0.467. The van der Waals surface area contributed by atoms with Crippen molar-refractivity contribution < 1.29 is 9.59 Å². The largest absolute Gasteiger partial charge is 0.333 e. The van der Waals surface area contributed by atoms with Gasteiger partial charge in [0.2, 0.25) is 11.8 Å². The maximum absolute atomic E-state index is 12.0. The van der Waals surface area contributed by atoms with Crippen LogP contribution in [0.1, 0.15) is 33.1 Å². The van der Waals surface area contributed by atoms with Crippen molar-refractivity contribution in [3.05, 3.63) is 28.2 Å². The molecular weight excluding hydrogens is 311 g/mol. The molecule has 6 heteroatoms. The minimum atomic E-state index is -0.267. The number of halogens is 2. The molecule has 0 unspecified atom stereocenters. The van der Waals surface area contributed by atoms with Gasteiger partial charge < -0.3 is 10.2 Å². The molecule has 0 aliphatic rings. The third kappa shape index (κ3) is 5.94. The Bertz CT molecular complexity index is 506. The smallest absolute Gasteiger partial charge is 0.244 e. The summed E-state index contributed by atoms with van der Waals surface area (Å²) in [5.41, 5.74) is 0.491. The molecule has 2 amide bonds. The standard InChI is InChI=1S/C15H20Cl2N2O2/c1-3-5-15(21)19(8-4-2)10-14(20)18-13-7-6-11(16)9-12(13)17/h6-7,9H,3-5,8,10H2,1-2H3,(H,18,20). The van der Waals surface area contributed by atoms with Gasteiger partial charge in [-0.1, -0.05) is 37.0 Å². The number of anilines is 1. The fourth-order valence-electron chi connectivity index (χ4n) is 1.89. The molecule has 1 N–H and O–H groups in total. The summed E-state index contributed by atoms with van der Waals surface area (Å²) in [6.07, 6.45) is 2.03. The molecular formula is C15H20Cl2N2O2. The fourth-order valence-corrected chi connectivity index (χ4v) is 2.34. The van der Waals surface area contributed by atoms with Crippen molar-refractivity contribution in [1.29, 1.82) is 0 Å². The van der Waals surface area contributed by atoms with E-state index in [2.05, 4.69) is 5.32 Å².